The van der Waals surface area contributed by atoms with Gasteiger partial charge < -0.3 is 21.5 Å². The van der Waals surface area contributed by atoms with Gasteiger partial charge in [-0.15, -0.1) is 0 Å². The highest BCUT2D eigenvalue weighted by Gasteiger charge is 2.25. The minimum Gasteiger partial charge on any atom is -0.480 e. The summed E-state index contributed by atoms with van der Waals surface area (Å²) in [6, 6.07) is -1.81. The molecule has 0 radical (unpaired) electrons. The Morgan fingerprint density at radius 3 is 1.95 bits per heavy atom. The van der Waals surface area contributed by atoms with Gasteiger partial charge in [0, 0.05) is 24.9 Å². The fourth-order valence-corrected chi connectivity index (χ4v) is 4.87. The first-order chi connectivity index (χ1) is 18.4. The van der Waals surface area contributed by atoms with Crippen LogP contribution in [0.2, 0.25) is 0 Å². The molecule has 9 heteroatoms. The summed E-state index contributed by atoms with van der Waals surface area (Å²) >= 11 is 1.46. The van der Waals surface area contributed by atoms with Crippen LogP contribution in [0.25, 0.3) is 0 Å². The lowest BCUT2D eigenvalue weighted by Crippen LogP contribution is -2.52. The summed E-state index contributed by atoms with van der Waals surface area (Å²) in [5, 5.41) is 14.8. The second-order valence-corrected chi connectivity index (χ2v) is 11.5. The number of carboxylic acids is 1. The van der Waals surface area contributed by atoms with Crippen LogP contribution in [-0.2, 0) is 19.2 Å². The van der Waals surface area contributed by atoms with Crippen LogP contribution in [0.1, 0.15) is 105 Å². The van der Waals surface area contributed by atoms with Crippen molar-refractivity contribution in [2.24, 2.45) is 5.73 Å². The summed E-state index contributed by atoms with van der Waals surface area (Å²) in [6.07, 6.45) is 15.6. The number of allylic oxidation sites excluding steroid dienone is 5. The van der Waals surface area contributed by atoms with Crippen LogP contribution in [0, 0.1) is 0 Å². The number of thioether (sulfide) groups is 1. The van der Waals surface area contributed by atoms with Gasteiger partial charge in [-0.2, -0.15) is 11.8 Å². The average Bonchev–Trinajstić information content (AvgIpc) is 2.83. The van der Waals surface area contributed by atoms with E-state index >= 15 is 0 Å². The number of carbonyl (C=O) groups excluding carboxylic acids is 3. The molecule has 0 saturated carbocycles. The molecular formula is C30H51N3O5S. The number of carbonyl (C=O) groups is 4. The van der Waals surface area contributed by atoms with E-state index in [4.69, 9.17) is 5.73 Å². The molecule has 2 atom stereocenters. The van der Waals surface area contributed by atoms with Gasteiger partial charge in [-0.1, -0.05) is 60.6 Å². The van der Waals surface area contributed by atoms with Gasteiger partial charge in [0.15, 0.2) is 0 Å². The maximum atomic E-state index is 12.8. The van der Waals surface area contributed by atoms with Crippen molar-refractivity contribution in [2.75, 3.05) is 11.5 Å². The van der Waals surface area contributed by atoms with Crippen molar-refractivity contribution in [1.29, 1.82) is 0 Å². The number of nitrogens with one attached hydrogen (secondary N) is 2. The van der Waals surface area contributed by atoms with E-state index in [0.29, 0.717) is 25.0 Å². The van der Waals surface area contributed by atoms with Gasteiger partial charge >= 0.3 is 5.97 Å². The van der Waals surface area contributed by atoms with Crippen molar-refractivity contribution in [1.82, 2.24) is 10.6 Å². The molecule has 0 saturated heterocycles. The lowest BCUT2D eigenvalue weighted by atomic mass is 10.0. The van der Waals surface area contributed by atoms with Crippen molar-refractivity contribution in [2.45, 2.75) is 117 Å². The number of carboxylic acid groups (broad SMARTS) is 1. The van der Waals surface area contributed by atoms with Gasteiger partial charge in [-0.3, -0.25) is 14.4 Å². The van der Waals surface area contributed by atoms with Crippen LogP contribution in [-0.4, -0.2) is 52.4 Å². The quantitative estimate of drug-likeness (QED) is 0.102. The Hall–Kier alpha value is -2.55. The van der Waals surface area contributed by atoms with E-state index in [0.717, 1.165) is 51.4 Å². The number of hydrogen-bond acceptors (Lipinski definition) is 5. The molecule has 0 aliphatic heterocycles. The highest BCUT2D eigenvalue weighted by molar-refractivity contribution is 7.99. The molecule has 8 nitrogen and oxygen atoms in total. The summed E-state index contributed by atoms with van der Waals surface area (Å²) in [5.74, 6) is -1.32. The van der Waals surface area contributed by atoms with Crippen LogP contribution in [0.4, 0.5) is 0 Å². The van der Waals surface area contributed by atoms with Crippen LogP contribution < -0.4 is 16.4 Å². The highest BCUT2D eigenvalue weighted by Crippen LogP contribution is 2.14. The Kier molecular flexibility index (Phi) is 20.8. The first-order valence-corrected chi connectivity index (χ1v) is 15.2. The Balaban J connectivity index is 4.57. The van der Waals surface area contributed by atoms with E-state index in [2.05, 4.69) is 56.6 Å². The van der Waals surface area contributed by atoms with Gasteiger partial charge in [0.1, 0.15) is 12.1 Å². The molecule has 39 heavy (non-hydrogen) atoms. The van der Waals surface area contributed by atoms with E-state index in [1.807, 2.05) is 0 Å². The SMILES string of the molecule is CC(=O)NC(CCCCCCCC(N)=O)C(=O)N[C@@H](CSC/C=C(\C)CC/C=C(\C)CCC=C(C)C)C(=O)O. The van der Waals surface area contributed by atoms with Crippen molar-refractivity contribution >= 4 is 35.5 Å². The molecule has 0 aromatic carbocycles. The zero-order valence-corrected chi connectivity index (χ0v) is 25.5. The highest BCUT2D eigenvalue weighted by atomic mass is 32.2. The Morgan fingerprint density at radius 2 is 1.36 bits per heavy atom. The van der Waals surface area contributed by atoms with E-state index < -0.39 is 24.0 Å². The second kappa shape index (κ2) is 22.3. The minimum atomic E-state index is -1.10. The molecular weight excluding hydrogens is 514 g/mol. The smallest absolute Gasteiger partial charge is 0.327 e. The van der Waals surface area contributed by atoms with E-state index in [1.54, 1.807) is 0 Å². The Labute approximate surface area is 239 Å². The molecule has 0 spiro atoms. The summed E-state index contributed by atoms with van der Waals surface area (Å²) in [4.78, 5) is 46.9. The summed E-state index contributed by atoms with van der Waals surface area (Å²) < 4.78 is 0. The van der Waals surface area contributed by atoms with Gasteiger partial charge in [-0.25, -0.2) is 4.79 Å². The number of rotatable bonds is 22. The van der Waals surface area contributed by atoms with E-state index in [9.17, 15) is 24.3 Å². The summed E-state index contributed by atoms with van der Waals surface area (Å²) in [5.41, 5.74) is 9.14. The van der Waals surface area contributed by atoms with Gasteiger partial charge in [-0.05, 0) is 66.2 Å². The molecule has 0 aromatic heterocycles. The number of unbranched alkanes of at least 4 members (excludes halogenated alkanes) is 4. The molecule has 0 rings (SSSR count). The number of aliphatic carboxylic acids is 1. The number of primary amides is 1. The number of amides is 3. The summed E-state index contributed by atoms with van der Waals surface area (Å²) in [7, 11) is 0. The zero-order valence-electron chi connectivity index (χ0n) is 24.6. The zero-order chi connectivity index (χ0) is 29.6. The molecule has 1 unspecified atom stereocenters. The monoisotopic (exact) mass is 565 g/mol. The number of nitrogens with two attached hydrogens (primary N) is 1. The molecule has 3 amide bonds. The Morgan fingerprint density at radius 1 is 0.769 bits per heavy atom. The maximum Gasteiger partial charge on any atom is 0.327 e. The molecule has 222 valence electrons. The van der Waals surface area contributed by atoms with E-state index in [1.165, 1.54) is 35.4 Å². The molecule has 0 bridgehead atoms. The summed E-state index contributed by atoms with van der Waals surface area (Å²) in [6.45, 7) is 9.81. The molecule has 0 aliphatic rings. The van der Waals surface area contributed by atoms with Crippen LogP contribution in [0.15, 0.2) is 34.9 Å². The fraction of sp³-hybridized carbons (Fsp3) is 0.667. The van der Waals surface area contributed by atoms with Gasteiger partial charge in [0.25, 0.3) is 0 Å². The van der Waals surface area contributed by atoms with Crippen LogP contribution in [0.5, 0.6) is 0 Å². The predicted octanol–water partition coefficient (Wildman–Crippen LogP) is 5.43. The first kappa shape index (κ1) is 36.5. The fourth-order valence-electron chi connectivity index (χ4n) is 3.87. The van der Waals surface area contributed by atoms with Crippen molar-refractivity contribution in [3.05, 3.63) is 34.9 Å². The molecule has 0 aliphatic carbocycles. The number of hydrogen-bond donors (Lipinski definition) is 4. The molecule has 0 heterocycles. The average molecular weight is 566 g/mol. The van der Waals surface area contributed by atoms with E-state index in [-0.39, 0.29) is 17.6 Å². The van der Waals surface area contributed by atoms with Gasteiger partial charge in [0.05, 0.1) is 0 Å². The van der Waals surface area contributed by atoms with Crippen molar-refractivity contribution in [3.63, 3.8) is 0 Å². The first-order valence-electron chi connectivity index (χ1n) is 14.0. The van der Waals surface area contributed by atoms with Crippen LogP contribution >= 0.6 is 11.8 Å². The normalized spacial score (nSPS) is 13.4. The molecule has 5 N–H and O–H groups in total. The third-order valence-corrected chi connectivity index (χ3v) is 7.15. The molecule has 0 aromatic rings. The topological polar surface area (TPSA) is 139 Å². The Bertz CT molecular complexity index is 863. The largest absolute Gasteiger partial charge is 0.480 e. The molecule has 0 fully saturated rings. The minimum absolute atomic E-state index is 0.237. The van der Waals surface area contributed by atoms with Crippen molar-refractivity contribution in [3.8, 4) is 0 Å². The van der Waals surface area contributed by atoms with Crippen molar-refractivity contribution < 1.29 is 24.3 Å². The maximum absolute atomic E-state index is 12.8. The third kappa shape index (κ3) is 22.0. The lowest BCUT2D eigenvalue weighted by molar-refractivity contribution is -0.141. The third-order valence-electron chi connectivity index (χ3n) is 6.18. The standard InChI is InChI=1S/C30H51N3O5S/c1-22(2)13-11-14-23(3)15-12-16-24(4)19-20-39-21-27(30(37)38)33-29(36)26(32-25(5)34)17-9-7-6-8-10-18-28(31)35/h13,15,19,26-27H,6-12,14,16-18,20-21H2,1-5H3,(H2,31,35)(H,32,34)(H,33,36)(H,37,38)/b23-15+,24-19+/t26?,27-/m0/s1. The second-order valence-electron chi connectivity index (χ2n) is 10.4. The van der Waals surface area contributed by atoms with Crippen LogP contribution in [0.3, 0.4) is 0 Å². The lowest BCUT2D eigenvalue weighted by Gasteiger charge is -2.21. The predicted molar refractivity (Wildman–Crippen MR) is 161 cm³/mol. The van der Waals surface area contributed by atoms with Gasteiger partial charge in [0.2, 0.25) is 17.7 Å².